The van der Waals surface area contributed by atoms with Crippen molar-refractivity contribution in [3.63, 3.8) is 0 Å². The summed E-state index contributed by atoms with van der Waals surface area (Å²) >= 11 is 0. The Hall–Kier alpha value is -3.03. The second kappa shape index (κ2) is 11.0. The molecule has 0 saturated heterocycles. The van der Waals surface area contributed by atoms with Crippen LogP contribution in [0, 0.1) is 0 Å². The largest absolute Gasteiger partial charge is 0.463 e. The van der Waals surface area contributed by atoms with Crippen LogP contribution >= 0.6 is 0 Å². The van der Waals surface area contributed by atoms with E-state index in [1.807, 2.05) is 13.0 Å². The molecule has 4 amide bonds. The number of anilines is 1. The molecule has 1 saturated carbocycles. The molecule has 3 N–H and O–H groups in total. The number of urea groups is 2. The normalized spacial score (nSPS) is 19.4. The highest BCUT2D eigenvalue weighted by atomic mass is 16.5. The number of hydrogen-bond acceptors (Lipinski definition) is 4. The topological polar surface area (TPSA) is 99.8 Å². The highest BCUT2D eigenvalue weighted by Crippen LogP contribution is 2.32. The third-order valence-corrected chi connectivity index (χ3v) is 5.96. The Morgan fingerprint density at radius 2 is 1.94 bits per heavy atom. The molecule has 174 valence electrons. The number of benzene rings is 1. The van der Waals surface area contributed by atoms with E-state index in [-0.39, 0.29) is 24.7 Å². The molecule has 1 aromatic carbocycles. The van der Waals surface area contributed by atoms with Crippen molar-refractivity contribution in [3.8, 4) is 0 Å². The fourth-order valence-electron chi connectivity index (χ4n) is 4.39. The zero-order valence-corrected chi connectivity index (χ0v) is 19.2. The quantitative estimate of drug-likeness (QED) is 0.543. The third-order valence-electron chi connectivity index (χ3n) is 5.96. The van der Waals surface area contributed by atoms with E-state index in [9.17, 15) is 14.4 Å². The fraction of sp³-hybridized carbons (Fsp3) is 0.542. The number of nitrogens with one attached hydrogen (secondary N) is 3. The van der Waals surface area contributed by atoms with Gasteiger partial charge in [0, 0.05) is 24.0 Å². The SMILES string of the molecule is CCCN1C(=O)NC(c2cccc(NC(=O)NC3CCCCC3)c2)C(C(=O)OCC)=C1C. The van der Waals surface area contributed by atoms with Crippen molar-refractivity contribution in [3.05, 3.63) is 41.1 Å². The summed E-state index contributed by atoms with van der Waals surface area (Å²) in [4.78, 5) is 39.6. The van der Waals surface area contributed by atoms with Crippen molar-refractivity contribution >= 4 is 23.7 Å². The Labute approximate surface area is 189 Å². The maximum absolute atomic E-state index is 12.8. The highest BCUT2D eigenvalue weighted by Gasteiger charge is 2.36. The molecular weight excluding hydrogens is 408 g/mol. The van der Waals surface area contributed by atoms with Gasteiger partial charge in [0.1, 0.15) is 0 Å². The lowest BCUT2D eigenvalue weighted by molar-refractivity contribution is -0.139. The number of hydrogen-bond donors (Lipinski definition) is 3. The zero-order valence-electron chi connectivity index (χ0n) is 19.2. The summed E-state index contributed by atoms with van der Waals surface area (Å²) in [5.41, 5.74) is 2.30. The summed E-state index contributed by atoms with van der Waals surface area (Å²) < 4.78 is 5.29. The average Bonchev–Trinajstić information content (AvgIpc) is 2.77. The van der Waals surface area contributed by atoms with Crippen LogP contribution in [0.1, 0.15) is 70.9 Å². The van der Waals surface area contributed by atoms with Crippen LogP contribution in [0.4, 0.5) is 15.3 Å². The van der Waals surface area contributed by atoms with Gasteiger partial charge in [0.15, 0.2) is 0 Å². The molecule has 1 heterocycles. The third kappa shape index (κ3) is 5.60. The first-order valence-corrected chi connectivity index (χ1v) is 11.6. The van der Waals surface area contributed by atoms with Crippen molar-refractivity contribution in [2.45, 2.75) is 71.4 Å². The van der Waals surface area contributed by atoms with Crippen LogP contribution in [0.2, 0.25) is 0 Å². The van der Waals surface area contributed by atoms with Crippen LogP contribution in [0.3, 0.4) is 0 Å². The zero-order chi connectivity index (χ0) is 23.1. The van der Waals surface area contributed by atoms with E-state index in [0.717, 1.165) is 32.1 Å². The van der Waals surface area contributed by atoms with Crippen LogP contribution in [0.15, 0.2) is 35.5 Å². The predicted molar refractivity (Wildman–Crippen MR) is 123 cm³/mol. The Kier molecular flexibility index (Phi) is 8.14. The lowest BCUT2D eigenvalue weighted by Crippen LogP contribution is -2.48. The summed E-state index contributed by atoms with van der Waals surface area (Å²) in [6.45, 7) is 6.25. The van der Waals surface area contributed by atoms with Gasteiger partial charge in [0.05, 0.1) is 18.2 Å². The van der Waals surface area contributed by atoms with Gasteiger partial charge in [-0.1, -0.05) is 38.3 Å². The molecule has 1 fully saturated rings. The molecule has 0 spiro atoms. The maximum Gasteiger partial charge on any atom is 0.338 e. The lowest BCUT2D eigenvalue weighted by atomic mass is 9.94. The summed E-state index contributed by atoms with van der Waals surface area (Å²) in [5, 5.41) is 8.85. The lowest BCUT2D eigenvalue weighted by Gasteiger charge is -2.35. The summed E-state index contributed by atoms with van der Waals surface area (Å²) in [6.07, 6.45) is 6.27. The fourth-order valence-corrected chi connectivity index (χ4v) is 4.39. The molecule has 8 heteroatoms. The van der Waals surface area contributed by atoms with Gasteiger partial charge in [-0.2, -0.15) is 0 Å². The van der Waals surface area contributed by atoms with Gasteiger partial charge < -0.3 is 20.7 Å². The minimum absolute atomic E-state index is 0.204. The number of esters is 1. The number of ether oxygens (including phenoxy) is 1. The van der Waals surface area contributed by atoms with E-state index in [1.165, 1.54) is 6.42 Å². The van der Waals surface area contributed by atoms with Crippen LogP contribution in [0.25, 0.3) is 0 Å². The molecule has 1 atom stereocenters. The molecule has 0 aromatic heterocycles. The number of carbonyl (C=O) groups is 3. The van der Waals surface area contributed by atoms with Crippen LogP contribution < -0.4 is 16.0 Å². The second-order valence-corrected chi connectivity index (χ2v) is 8.31. The summed E-state index contributed by atoms with van der Waals surface area (Å²) in [7, 11) is 0. The van der Waals surface area contributed by atoms with E-state index < -0.39 is 12.0 Å². The molecule has 1 unspecified atom stereocenters. The highest BCUT2D eigenvalue weighted by molar-refractivity contribution is 5.95. The first-order chi connectivity index (χ1) is 15.4. The second-order valence-electron chi connectivity index (χ2n) is 8.31. The van der Waals surface area contributed by atoms with E-state index in [4.69, 9.17) is 4.74 Å². The molecular formula is C24H34N4O4. The Morgan fingerprint density at radius 3 is 2.62 bits per heavy atom. The van der Waals surface area contributed by atoms with Gasteiger partial charge in [-0.05, 0) is 50.8 Å². The van der Waals surface area contributed by atoms with Gasteiger partial charge in [-0.3, -0.25) is 4.90 Å². The van der Waals surface area contributed by atoms with E-state index in [1.54, 1.807) is 36.9 Å². The Morgan fingerprint density at radius 1 is 1.19 bits per heavy atom. The Balaban J connectivity index is 1.82. The molecule has 2 aliphatic rings. The molecule has 8 nitrogen and oxygen atoms in total. The number of amides is 4. The standard InChI is InChI=1S/C24H34N4O4/c1-4-14-28-16(3)20(22(29)32-5-2)21(27-24(28)31)17-10-9-13-19(15-17)26-23(30)25-18-11-7-6-8-12-18/h9-10,13,15,18,21H,4-8,11-12,14H2,1-3H3,(H,27,31)(H2,25,26,30). The first kappa shape index (κ1) is 23.6. The van der Waals surface area contributed by atoms with Crippen molar-refractivity contribution < 1.29 is 19.1 Å². The van der Waals surface area contributed by atoms with Gasteiger partial charge in [-0.15, -0.1) is 0 Å². The molecule has 32 heavy (non-hydrogen) atoms. The van der Waals surface area contributed by atoms with E-state index in [2.05, 4.69) is 16.0 Å². The van der Waals surface area contributed by atoms with Gasteiger partial charge in [0.2, 0.25) is 0 Å². The van der Waals surface area contributed by atoms with Crippen molar-refractivity contribution in [1.82, 2.24) is 15.5 Å². The summed E-state index contributed by atoms with van der Waals surface area (Å²) in [5.74, 6) is -0.454. The number of allylic oxidation sites excluding steroid dienone is 1. The first-order valence-electron chi connectivity index (χ1n) is 11.6. The monoisotopic (exact) mass is 442 g/mol. The summed E-state index contributed by atoms with van der Waals surface area (Å²) in [6, 6.07) is 6.26. The van der Waals surface area contributed by atoms with Crippen LogP contribution in [-0.2, 0) is 9.53 Å². The molecule has 1 aliphatic carbocycles. The average molecular weight is 443 g/mol. The smallest absolute Gasteiger partial charge is 0.338 e. The maximum atomic E-state index is 12.8. The molecule has 3 rings (SSSR count). The number of rotatable bonds is 7. The van der Waals surface area contributed by atoms with Crippen molar-refractivity contribution in [2.75, 3.05) is 18.5 Å². The Bertz CT molecular complexity index is 877. The van der Waals surface area contributed by atoms with Gasteiger partial charge in [-0.25, -0.2) is 14.4 Å². The molecule has 1 aliphatic heterocycles. The molecule has 1 aromatic rings. The van der Waals surface area contributed by atoms with Crippen molar-refractivity contribution in [1.29, 1.82) is 0 Å². The van der Waals surface area contributed by atoms with E-state index >= 15 is 0 Å². The van der Waals surface area contributed by atoms with Crippen molar-refractivity contribution in [2.24, 2.45) is 0 Å². The van der Waals surface area contributed by atoms with E-state index in [0.29, 0.717) is 29.1 Å². The van der Waals surface area contributed by atoms with Crippen LogP contribution in [0.5, 0.6) is 0 Å². The number of carbonyl (C=O) groups excluding carboxylic acids is 3. The minimum Gasteiger partial charge on any atom is -0.463 e. The minimum atomic E-state index is -0.655. The molecule has 0 radical (unpaired) electrons. The predicted octanol–water partition coefficient (Wildman–Crippen LogP) is 4.45. The molecule has 0 bridgehead atoms. The number of nitrogens with zero attached hydrogens (tertiary/aromatic N) is 1. The van der Waals surface area contributed by atoms with Gasteiger partial charge in [0.25, 0.3) is 0 Å². The van der Waals surface area contributed by atoms with Gasteiger partial charge >= 0.3 is 18.0 Å². The van der Waals surface area contributed by atoms with Crippen LogP contribution in [-0.4, -0.2) is 42.1 Å².